The molecule has 7 aromatic carbocycles. The molecule has 0 amide bonds. The predicted octanol–water partition coefficient (Wildman–Crippen LogP) is 12.0. The van der Waals surface area contributed by atoms with E-state index in [2.05, 4.69) is 91.0 Å². The summed E-state index contributed by atoms with van der Waals surface area (Å²) in [4.78, 5) is 15.2. The van der Waals surface area contributed by atoms with Gasteiger partial charge in [0.25, 0.3) is 0 Å². The van der Waals surface area contributed by atoms with Gasteiger partial charge in [0.2, 0.25) is 0 Å². The van der Waals surface area contributed by atoms with Crippen LogP contribution in [0.25, 0.3) is 100 Å². The molecule has 0 N–H and O–H groups in total. The molecule has 234 valence electrons. The van der Waals surface area contributed by atoms with Crippen LogP contribution in [0.4, 0.5) is 0 Å². The van der Waals surface area contributed by atoms with Crippen molar-refractivity contribution in [2.24, 2.45) is 0 Å². The molecule has 5 heteroatoms. The smallest absolute Gasteiger partial charge is 0.164 e. The second-order valence-electron chi connectivity index (χ2n) is 12.4. The lowest BCUT2D eigenvalue weighted by molar-refractivity contribution is 0.669. The Morgan fingerprint density at radius 3 is 1.54 bits per heavy atom. The fourth-order valence-corrected chi connectivity index (χ4v) is 6.90. The lowest BCUT2D eigenvalue weighted by Gasteiger charge is -2.11. The van der Waals surface area contributed by atoms with Crippen LogP contribution in [0.2, 0.25) is 0 Å². The summed E-state index contributed by atoms with van der Waals surface area (Å²) in [5.74, 6) is 1.75. The third-order valence-corrected chi connectivity index (χ3v) is 9.34. The third-order valence-electron chi connectivity index (χ3n) is 9.34. The van der Waals surface area contributed by atoms with Crippen LogP contribution in [-0.2, 0) is 0 Å². The third kappa shape index (κ3) is 4.75. The number of nitrogens with zero attached hydrogens (tertiary/aromatic N) is 3. The van der Waals surface area contributed by atoms with E-state index in [1.54, 1.807) is 0 Å². The van der Waals surface area contributed by atoms with E-state index >= 15 is 0 Å². The molecule has 3 aromatic heterocycles. The highest BCUT2D eigenvalue weighted by atomic mass is 16.3. The first-order valence-electron chi connectivity index (χ1n) is 16.6. The number of benzene rings is 7. The van der Waals surface area contributed by atoms with Crippen LogP contribution in [0.5, 0.6) is 0 Å². The minimum atomic E-state index is 0.572. The number of furan rings is 2. The maximum atomic E-state index is 6.39. The predicted molar refractivity (Wildman–Crippen MR) is 202 cm³/mol. The largest absolute Gasteiger partial charge is 0.456 e. The Kier molecular flexibility index (Phi) is 6.42. The number of fused-ring (bicyclic) bond motifs is 6. The van der Waals surface area contributed by atoms with Gasteiger partial charge in [-0.2, -0.15) is 0 Å². The van der Waals surface area contributed by atoms with Crippen LogP contribution < -0.4 is 0 Å². The number of hydrogen-bond donors (Lipinski definition) is 0. The van der Waals surface area contributed by atoms with Gasteiger partial charge in [0.05, 0.1) is 0 Å². The van der Waals surface area contributed by atoms with Crippen LogP contribution in [0.3, 0.4) is 0 Å². The molecule has 0 bridgehead atoms. The second-order valence-corrected chi connectivity index (χ2v) is 12.4. The molecule has 10 aromatic rings. The van der Waals surface area contributed by atoms with E-state index in [0.717, 1.165) is 82.8 Å². The Bertz CT molecular complexity index is 2890. The molecule has 50 heavy (non-hydrogen) atoms. The van der Waals surface area contributed by atoms with Gasteiger partial charge in [-0.05, 0) is 53.1 Å². The van der Waals surface area contributed by atoms with Crippen molar-refractivity contribution in [2.45, 2.75) is 0 Å². The van der Waals surface area contributed by atoms with Gasteiger partial charge in [-0.25, -0.2) is 15.0 Å². The molecule has 0 saturated carbocycles. The number of aromatic nitrogens is 3. The molecule has 0 aliphatic heterocycles. The molecule has 0 atom stereocenters. The Morgan fingerprint density at radius 1 is 0.300 bits per heavy atom. The van der Waals surface area contributed by atoms with Crippen molar-refractivity contribution < 1.29 is 8.83 Å². The topological polar surface area (TPSA) is 65.0 Å². The first kappa shape index (κ1) is 28.2. The fraction of sp³-hybridized carbons (Fsp3) is 0. The summed E-state index contributed by atoms with van der Waals surface area (Å²) < 4.78 is 12.6. The average molecular weight is 642 g/mol. The average Bonchev–Trinajstić information content (AvgIpc) is 3.76. The van der Waals surface area contributed by atoms with Crippen molar-refractivity contribution in [2.75, 3.05) is 0 Å². The minimum absolute atomic E-state index is 0.572. The molecule has 10 rings (SSSR count). The normalized spacial score (nSPS) is 11.6. The van der Waals surface area contributed by atoms with Gasteiger partial charge in [-0.1, -0.05) is 127 Å². The van der Waals surface area contributed by atoms with E-state index in [0.29, 0.717) is 17.5 Å². The highest BCUT2D eigenvalue weighted by Gasteiger charge is 2.17. The summed E-state index contributed by atoms with van der Waals surface area (Å²) in [7, 11) is 0. The first-order chi connectivity index (χ1) is 24.7. The van der Waals surface area contributed by atoms with E-state index in [1.165, 1.54) is 0 Å². The van der Waals surface area contributed by atoms with E-state index in [9.17, 15) is 0 Å². The van der Waals surface area contributed by atoms with Gasteiger partial charge < -0.3 is 8.83 Å². The monoisotopic (exact) mass is 641 g/mol. The molecule has 0 aliphatic carbocycles. The SMILES string of the molecule is c1ccc(-c2cccc(-c3nc(-c4cccc(-c5cccc6c5oc5ccccc56)c4)nc(-c4ccc5c(c4)oc4ccccc45)n3)c2)cc1. The Hall–Kier alpha value is -6.85. The van der Waals surface area contributed by atoms with E-state index in [4.69, 9.17) is 23.8 Å². The van der Waals surface area contributed by atoms with Crippen LogP contribution in [0.15, 0.2) is 173 Å². The Balaban J connectivity index is 1.14. The molecule has 0 spiro atoms. The molecule has 5 nitrogen and oxygen atoms in total. The van der Waals surface area contributed by atoms with Crippen molar-refractivity contribution in [3.05, 3.63) is 164 Å². The summed E-state index contributed by atoms with van der Waals surface area (Å²) in [6, 6.07) is 55.8. The van der Waals surface area contributed by atoms with E-state index in [-0.39, 0.29) is 0 Å². The molecular formula is C45H27N3O2. The van der Waals surface area contributed by atoms with Crippen molar-refractivity contribution >= 4 is 43.9 Å². The second kappa shape index (κ2) is 11.4. The molecule has 0 fully saturated rings. The summed E-state index contributed by atoms with van der Waals surface area (Å²) in [5, 5.41) is 4.33. The van der Waals surface area contributed by atoms with E-state index < -0.39 is 0 Å². The summed E-state index contributed by atoms with van der Waals surface area (Å²) in [6.07, 6.45) is 0. The number of rotatable bonds is 5. The Morgan fingerprint density at radius 2 is 0.800 bits per heavy atom. The molecule has 3 heterocycles. The van der Waals surface area contributed by atoms with Gasteiger partial charge in [0.15, 0.2) is 17.5 Å². The van der Waals surface area contributed by atoms with Gasteiger partial charge >= 0.3 is 0 Å². The molecule has 0 radical (unpaired) electrons. The number of para-hydroxylation sites is 3. The standard InChI is InChI=1S/C45H27N3O2/c1-2-11-28(12-3-1)29-13-8-15-31(25-29)43-46-44(48-45(47-43)33-23-24-37-35-17-4-6-21-39(35)49-41(37)27-33)32-16-9-14-30(26-32)34-19-10-20-38-36-18-5-7-22-40(36)50-42(34)38/h1-27H. The van der Waals surface area contributed by atoms with Crippen molar-refractivity contribution in [3.8, 4) is 56.4 Å². The first-order valence-corrected chi connectivity index (χ1v) is 16.6. The quantitative estimate of drug-likeness (QED) is 0.187. The fourth-order valence-electron chi connectivity index (χ4n) is 6.90. The summed E-state index contributed by atoms with van der Waals surface area (Å²) in [6.45, 7) is 0. The van der Waals surface area contributed by atoms with Crippen LogP contribution in [0.1, 0.15) is 0 Å². The zero-order valence-corrected chi connectivity index (χ0v) is 26.7. The van der Waals surface area contributed by atoms with Crippen molar-refractivity contribution in [1.29, 1.82) is 0 Å². The zero-order chi connectivity index (χ0) is 33.0. The van der Waals surface area contributed by atoms with Gasteiger partial charge in [0.1, 0.15) is 22.3 Å². The zero-order valence-electron chi connectivity index (χ0n) is 26.7. The van der Waals surface area contributed by atoms with Gasteiger partial charge in [0, 0.05) is 43.8 Å². The number of hydrogen-bond acceptors (Lipinski definition) is 5. The van der Waals surface area contributed by atoms with Gasteiger partial charge in [-0.3, -0.25) is 0 Å². The molecular weight excluding hydrogens is 615 g/mol. The summed E-state index contributed by atoms with van der Waals surface area (Å²) >= 11 is 0. The van der Waals surface area contributed by atoms with Crippen LogP contribution in [-0.4, -0.2) is 15.0 Å². The van der Waals surface area contributed by atoms with Gasteiger partial charge in [-0.15, -0.1) is 0 Å². The minimum Gasteiger partial charge on any atom is -0.456 e. The lowest BCUT2D eigenvalue weighted by atomic mass is 10.00. The van der Waals surface area contributed by atoms with Crippen molar-refractivity contribution in [1.82, 2.24) is 15.0 Å². The molecule has 0 aliphatic rings. The lowest BCUT2D eigenvalue weighted by Crippen LogP contribution is -2.00. The maximum Gasteiger partial charge on any atom is 0.164 e. The Labute approximate surface area is 287 Å². The van der Waals surface area contributed by atoms with Crippen LogP contribution >= 0.6 is 0 Å². The highest BCUT2D eigenvalue weighted by Crippen LogP contribution is 2.38. The maximum absolute atomic E-state index is 6.39. The van der Waals surface area contributed by atoms with Crippen molar-refractivity contribution in [3.63, 3.8) is 0 Å². The highest BCUT2D eigenvalue weighted by molar-refractivity contribution is 6.09. The molecule has 0 unspecified atom stereocenters. The molecule has 0 saturated heterocycles. The van der Waals surface area contributed by atoms with E-state index in [1.807, 2.05) is 72.8 Å². The van der Waals surface area contributed by atoms with Crippen LogP contribution in [0, 0.1) is 0 Å². The summed E-state index contributed by atoms with van der Waals surface area (Å²) in [5.41, 5.74) is 10.3.